The van der Waals surface area contributed by atoms with E-state index in [2.05, 4.69) is 0 Å². The van der Waals surface area contributed by atoms with Crippen molar-refractivity contribution in [2.24, 2.45) is 0 Å². The van der Waals surface area contributed by atoms with Crippen LogP contribution in [0.2, 0.25) is 0 Å². The summed E-state index contributed by atoms with van der Waals surface area (Å²) >= 11 is 0. The summed E-state index contributed by atoms with van der Waals surface area (Å²) in [5.41, 5.74) is -0.207. The Morgan fingerprint density at radius 1 is 1.14 bits per heavy atom. The molecule has 1 amide bonds. The third-order valence-electron chi connectivity index (χ3n) is 4.16. The topological polar surface area (TPSA) is 38.8 Å². The number of carbonyl (C=O) groups excluding carboxylic acids is 1. The van der Waals surface area contributed by atoms with E-state index in [9.17, 15) is 9.18 Å². The molecule has 1 saturated heterocycles. The number of benzene rings is 1. The van der Waals surface area contributed by atoms with Gasteiger partial charge in [-0.15, -0.1) is 0 Å². The first-order chi connectivity index (χ1) is 9.55. The van der Waals surface area contributed by atoms with Crippen molar-refractivity contribution in [3.05, 3.63) is 29.6 Å². The van der Waals surface area contributed by atoms with Crippen LogP contribution in [0.3, 0.4) is 0 Å². The summed E-state index contributed by atoms with van der Waals surface area (Å²) in [6, 6.07) is 4.09. The number of hydrogen-bond donors (Lipinski definition) is 0. The highest BCUT2D eigenvalue weighted by atomic mass is 19.1. The summed E-state index contributed by atoms with van der Waals surface area (Å²) < 4.78 is 25.4. The van der Waals surface area contributed by atoms with Gasteiger partial charge in [0.1, 0.15) is 5.82 Å². The van der Waals surface area contributed by atoms with Gasteiger partial charge in [-0.2, -0.15) is 0 Å². The van der Waals surface area contributed by atoms with Crippen molar-refractivity contribution in [2.75, 3.05) is 14.1 Å². The molecule has 1 aromatic carbocycles. The molecule has 1 aliphatic heterocycles. The fourth-order valence-electron chi connectivity index (χ4n) is 2.13. The second-order valence-electron chi connectivity index (χ2n) is 6.52. The molecule has 1 fully saturated rings. The number of carbonyl (C=O) groups is 1. The van der Waals surface area contributed by atoms with E-state index in [4.69, 9.17) is 9.31 Å². The van der Waals surface area contributed by atoms with Gasteiger partial charge in [-0.3, -0.25) is 4.79 Å². The van der Waals surface area contributed by atoms with Gasteiger partial charge >= 0.3 is 7.12 Å². The first-order valence-corrected chi connectivity index (χ1v) is 6.92. The molecule has 1 aromatic rings. The summed E-state index contributed by atoms with van der Waals surface area (Å²) in [4.78, 5) is 13.7. The molecule has 0 aliphatic carbocycles. The highest BCUT2D eigenvalue weighted by Gasteiger charge is 2.52. The molecule has 0 bridgehead atoms. The van der Waals surface area contributed by atoms with Crippen molar-refractivity contribution in [1.82, 2.24) is 4.90 Å². The molecule has 114 valence electrons. The van der Waals surface area contributed by atoms with Crippen LogP contribution in [0, 0.1) is 5.82 Å². The standard InChI is InChI=1S/C15H21BFNO3/c1-14(2)15(3,4)21-16(20-14)12-8-7-10(17)9-11(12)13(19)18(5)6/h7-9H,1-6H3. The quantitative estimate of drug-likeness (QED) is 0.781. The molecule has 0 radical (unpaired) electrons. The number of rotatable bonds is 2. The summed E-state index contributed by atoms with van der Waals surface area (Å²) in [5, 5.41) is 0. The fraction of sp³-hybridized carbons (Fsp3) is 0.533. The maximum atomic E-state index is 13.5. The Kier molecular flexibility index (Phi) is 3.89. The molecule has 21 heavy (non-hydrogen) atoms. The van der Waals surface area contributed by atoms with Crippen LogP contribution < -0.4 is 5.46 Å². The zero-order chi connectivity index (χ0) is 16.0. The van der Waals surface area contributed by atoms with Crippen molar-refractivity contribution in [2.45, 2.75) is 38.9 Å². The highest BCUT2D eigenvalue weighted by Crippen LogP contribution is 2.36. The predicted octanol–water partition coefficient (Wildman–Crippen LogP) is 1.83. The Labute approximate surface area is 125 Å². The van der Waals surface area contributed by atoms with Gasteiger partial charge in [0.05, 0.1) is 11.2 Å². The van der Waals surface area contributed by atoms with Crippen LogP contribution in [0.4, 0.5) is 4.39 Å². The van der Waals surface area contributed by atoms with Gasteiger partial charge in [0.25, 0.3) is 5.91 Å². The van der Waals surface area contributed by atoms with Crippen molar-refractivity contribution >= 4 is 18.5 Å². The molecule has 0 saturated carbocycles. The molecule has 4 nitrogen and oxygen atoms in total. The molecule has 1 aliphatic rings. The highest BCUT2D eigenvalue weighted by molar-refractivity contribution is 6.63. The molecule has 0 atom stereocenters. The van der Waals surface area contributed by atoms with Crippen LogP contribution in [0.15, 0.2) is 18.2 Å². The number of halogens is 1. The second-order valence-corrected chi connectivity index (χ2v) is 6.52. The minimum Gasteiger partial charge on any atom is -0.399 e. The van der Waals surface area contributed by atoms with Gasteiger partial charge in [-0.25, -0.2) is 4.39 Å². The zero-order valence-electron chi connectivity index (χ0n) is 13.4. The lowest BCUT2D eigenvalue weighted by molar-refractivity contribution is 0.00578. The Morgan fingerprint density at radius 2 is 1.67 bits per heavy atom. The van der Waals surface area contributed by atoms with Gasteiger partial charge in [0.15, 0.2) is 0 Å². The summed E-state index contributed by atoms with van der Waals surface area (Å²) in [6.07, 6.45) is 0. The van der Waals surface area contributed by atoms with Gasteiger partial charge in [0, 0.05) is 19.7 Å². The number of amides is 1. The van der Waals surface area contributed by atoms with Gasteiger partial charge in [-0.1, -0.05) is 6.07 Å². The van der Waals surface area contributed by atoms with Crippen LogP contribution in [-0.2, 0) is 9.31 Å². The molecular weight excluding hydrogens is 272 g/mol. The smallest absolute Gasteiger partial charge is 0.399 e. The normalized spacial score (nSPS) is 19.7. The summed E-state index contributed by atoms with van der Waals surface area (Å²) in [5.74, 6) is -0.736. The first kappa shape index (κ1) is 16.0. The van der Waals surface area contributed by atoms with Gasteiger partial charge < -0.3 is 14.2 Å². The maximum Gasteiger partial charge on any atom is 0.495 e. The molecular formula is C15H21BFNO3. The van der Waals surface area contributed by atoms with Crippen LogP contribution >= 0.6 is 0 Å². The summed E-state index contributed by atoms with van der Waals surface area (Å²) in [7, 11) is 2.57. The van der Waals surface area contributed by atoms with E-state index >= 15 is 0 Å². The van der Waals surface area contributed by atoms with Crippen LogP contribution in [0.1, 0.15) is 38.1 Å². The Bertz CT molecular complexity index is 556. The fourth-order valence-corrected chi connectivity index (χ4v) is 2.13. The third kappa shape index (κ3) is 2.83. The van der Waals surface area contributed by atoms with E-state index in [1.807, 2.05) is 27.7 Å². The molecule has 1 heterocycles. The van der Waals surface area contributed by atoms with E-state index in [1.165, 1.54) is 17.0 Å². The average Bonchev–Trinajstić information content (AvgIpc) is 2.57. The Balaban J connectivity index is 2.44. The molecule has 0 N–H and O–H groups in total. The maximum absolute atomic E-state index is 13.5. The summed E-state index contributed by atoms with van der Waals surface area (Å²) in [6.45, 7) is 7.74. The van der Waals surface area contributed by atoms with E-state index in [1.54, 1.807) is 20.2 Å². The van der Waals surface area contributed by atoms with Gasteiger partial charge in [-0.05, 0) is 45.3 Å². The number of hydrogen-bond acceptors (Lipinski definition) is 3. The van der Waals surface area contributed by atoms with E-state index < -0.39 is 24.1 Å². The lowest BCUT2D eigenvalue weighted by atomic mass is 9.75. The lowest BCUT2D eigenvalue weighted by Gasteiger charge is -2.32. The molecule has 0 spiro atoms. The van der Waals surface area contributed by atoms with Crippen molar-refractivity contribution < 1.29 is 18.5 Å². The van der Waals surface area contributed by atoms with E-state index in [-0.39, 0.29) is 11.5 Å². The average molecular weight is 293 g/mol. The first-order valence-electron chi connectivity index (χ1n) is 6.92. The lowest BCUT2D eigenvalue weighted by Crippen LogP contribution is -2.41. The van der Waals surface area contributed by atoms with Gasteiger partial charge in [0.2, 0.25) is 0 Å². The van der Waals surface area contributed by atoms with Crippen LogP contribution in [0.5, 0.6) is 0 Å². The molecule has 0 unspecified atom stereocenters. The Morgan fingerprint density at radius 3 is 2.14 bits per heavy atom. The monoisotopic (exact) mass is 293 g/mol. The minimum atomic E-state index is -0.686. The zero-order valence-corrected chi connectivity index (χ0v) is 13.4. The molecule has 0 aromatic heterocycles. The van der Waals surface area contributed by atoms with Crippen molar-refractivity contribution in [1.29, 1.82) is 0 Å². The van der Waals surface area contributed by atoms with Crippen molar-refractivity contribution in [3.8, 4) is 0 Å². The van der Waals surface area contributed by atoms with E-state index in [0.29, 0.717) is 5.46 Å². The molecule has 6 heteroatoms. The number of nitrogens with zero attached hydrogens (tertiary/aromatic N) is 1. The largest absolute Gasteiger partial charge is 0.495 e. The van der Waals surface area contributed by atoms with Crippen molar-refractivity contribution in [3.63, 3.8) is 0 Å². The third-order valence-corrected chi connectivity index (χ3v) is 4.16. The SMILES string of the molecule is CN(C)C(=O)c1cc(F)ccc1B1OC(C)(C)C(C)(C)O1. The van der Waals surface area contributed by atoms with Crippen LogP contribution in [0.25, 0.3) is 0 Å². The second kappa shape index (κ2) is 5.11. The predicted molar refractivity (Wildman–Crippen MR) is 80.1 cm³/mol. The molecule has 2 rings (SSSR count). The van der Waals surface area contributed by atoms with Crippen LogP contribution in [-0.4, -0.2) is 43.2 Å². The Hall–Kier alpha value is -1.40. The van der Waals surface area contributed by atoms with E-state index in [0.717, 1.165) is 0 Å². The minimum absolute atomic E-state index is 0.263.